The number of carbonyl (C=O) groups excluding carboxylic acids is 2. The van der Waals surface area contributed by atoms with E-state index in [-0.39, 0.29) is 23.0 Å². The molecule has 7 heteroatoms. The number of carbonyl (C=O) groups is 2. The molecule has 0 unspecified atom stereocenters. The molecule has 1 saturated heterocycles. The quantitative estimate of drug-likeness (QED) is 0.908. The van der Waals surface area contributed by atoms with Crippen molar-refractivity contribution in [1.29, 1.82) is 0 Å². The normalized spacial score (nSPS) is 15.0. The summed E-state index contributed by atoms with van der Waals surface area (Å²) < 4.78 is 18.7. The van der Waals surface area contributed by atoms with Crippen LogP contribution in [0.2, 0.25) is 5.02 Å². The molecule has 1 aromatic rings. The van der Waals surface area contributed by atoms with Gasteiger partial charge in [-0.1, -0.05) is 17.7 Å². The Morgan fingerprint density at radius 3 is 2.70 bits per heavy atom. The average Bonchev–Trinajstić information content (AvgIpc) is 2.45. The lowest BCUT2D eigenvalue weighted by Gasteiger charge is -2.26. The standard InChI is InChI=1S/C13H14ClFN2O3/c14-9-2-1-3-10(15)12(9)13(19)16-8-11(18)17-4-6-20-7-5-17/h1-3H,4-8H2,(H,16,19). The number of hydrogen-bond acceptors (Lipinski definition) is 3. The van der Waals surface area contributed by atoms with Crippen LogP contribution in [-0.2, 0) is 9.53 Å². The maximum absolute atomic E-state index is 13.5. The molecule has 0 spiro atoms. The third-order valence-corrected chi connectivity index (χ3v) is 3.27. The number of rotatable bonds is 3. The third-order valence-electron chi connectivity index (χ3n) is 2.95. The van der Waals surface area contributed by atoms with Crippen molar-refractivity contribution in [2.45, 2.75) is 0 Å². The highest BCUT2D eigenvalue weighted by atomic mass is 35.5. The van der Waals surface area contributed by atoms with Crippen molar-refractivity contribution in [3.63, 3.8) is 0 Å². The van der Waals surface area contributed by atoms with Gasteiger partial charge in [0.05, 0.1) is 30.3 Å². The molecule has 0 radical (unpaired) electrons. The van der Waals surface area contributed by atoms with Crippen LogP contribution in [0.3, 0.4) is 0 Å². The molecule has 0 saturated carbocycles. The van der Waals surface area contributed by atoms with E-state index in [0.29, 0.717) is 26.3 Å². The Labute approximate surface area is 120 Å². The van der Waals surface area contributed by atoms with Crippen molar-refractivity contribution in [3.8, 4) is 0 Å². The van der Waals surface area contributed by atoms with E-state index in [1.807, 2.05) is 0 Å². The number of morpholine rings is 1. The van der Waals surface area contributed by atoms with Crippen molar-refractivity contribution in [2.24, 2.45) is 0 Å². The number of amides is 2. The molecule has 108 valence electrons. The van der Waals surface area contributed by atoms with Crippen LogP contribution in [0.4, 0.5) is 4.39 Å². The molecule has 0 atom stereocenters. The first-order chi connectivity index (χ1) is 9.59. The van der Waals surface area contributed by atoms with Gasteiger partial charge in [-0.25, -0.2) is 4.39 Å². The van der Waals surface area contributed by atoms with Gasteiger partial charge in [0.1, 0.15) is 5.82 Å². The van der Waals surface area contributed by atoms with Gasteiger partial charge in [0.2, 0.25) is 5.91 Å². The minimum Gasteiger partial charge on any atom is -0.378 e. The molecule has 20 heavy (non-hydrogen) atoms. The van der Waals surface area contributed by atoms with E-state index < -0.39 is 11.7 Å². The largest absolute Gasteiger partial charge is 0.378 e. The Balaban J connectivity index is 1.93. The molecule has 5 nitrogen and oxygen atoms in total. The van der Waals surface area contributed by atoms with Gasteiger partial charge in [0.15, 0.2) is 0 Å². The van der Waals surface area contributed by atoms with Crippen LogP contribution >= 0.6 is 11.6 Å². The second-order valence-electron chi connectivity index (χ2n) is 4.27. The van der Waals surface area contributed by atoms with Crippen LogP contribution < -0.4 is 5.32 Å². The van der Waals surface area contributed by atoms with Crippen LogP contribution in [0.5, 0.6) is 0 Å². The first-order valence-corrected chi connectivity index (χ1v) is 6.55. The molecular formula is C13H14ClFN2O3. The SMILES string of the molecule is O=C(NCC(=O)N1CCOCC1)c1c(F)cccc1Cl. The summed E-state index contributed by atoms with van der Waals surface area (Å²) in [7, 11) is 0. The maximum atomic E-state index is 13.5. The monoisotopic (exact) mass is 300 g/mol. The Hall–Kier alpha value is -1.66. The molecule has 1 aliphatic heterocycles. The number of halogens is 2. The van der Waals surface area contributed by atoms with Crippen molar-refractivity contribution in [2.75, 3.05) is 32.8 Å². The highest BCUT2D eigenvalue weighted by molar-refractivity contribution is 6.33. The van der Waals surface area contributed by atoms with Gasteiger partial charge in [-0.3, -0.25) is 9.59 Å². The van der Waals surface area contributed by atoms with Crippen molar-refractivity contribution in [1.82, 2.24) is 10.2 Å². The van der Waals surface area contributed by atoms with Gasteiger partial charge in [-0.05, 0) is 12.1 Å². The fraction of sp³-hybridized carbons (Fsp3) is 0.385. The van der Waals surface area contributed by atoms with Gasteiger partial charge in [0, 0.05) is 13.1 Å². The minimum absolute atomic E-state index is 0.0151. The van der Waals surface area contributed by atoms with Crippen LogP contribution in [0, 0.1) is 5.82 Å². The number of nitrogens with one attached hydrogen (secondary N) is 1. The lowest BCUT2D eigenvalue weighted by molar-refractivity contribution is -0.134. The van der Waals surface area contributed by atoms with Crippen molar-refractivity contribution < 1.29 is 18.7 Å². The highest BCUT2D eigenvalue weighted by Crippen LogP contribution is 2.18. The molecule has 1 aromatic carbocycles. The summed E-state index contributed by atoms with van der Waals surface area (Å²) in [5.41, 5.74) is -0.246. The zero-order chi connectivity index (χ0) is 14.5. The first-order valence-electron chi connectivity index (χ1n) is 6.17. The summed E-state index contributed by atoms with van der Waals surface area (Å²) >= 11 is 5.78. The first kappa shape index (κ1) is 14.7. The molecule has 2 rings (SSSR count). The molecule has 2 amide bonds. The van der Waals surface area contributed by atoms with E-state index in [0.717, 1.165) is 6.07 Å². The topological polar surface area (TPSA) is 58.6 Å². The van der Waals surface area contributed by atoms with Crippen LogP contribution in [0.15, 0.2) is 18.2 Å². The third kappa shape index (κ3) is 3.46. The lowest BCUT2D eigenvalue weighted by atomic mass is 10.2. The summed E-state index contributed by atoms with van der Waals surface area (Å²) in [6.45, 7) is 1.77. The van der Waals surface area contributed by atoms with E-state index in [9.17, 15) is 14.0 Å². The van der Waals surface area contributed by atoms with Gasteiger partial charge < -0.3 is 15.0 Å². The average molecular weight is 301 g/mol. The predicted octanol–water partition coefficient (Wildman–Crippen LogP) is 1.07. The maximum Gasteiger partial charge on any atom is 0.256 e. The molecule has 1 fully saturated rings. The van der Waals surface area contributed by atoms with E-state index in [2.05, 4.69) is 5.32 Å². The number of hydrogen-bond donors (Lipinski definition) is 1. The fourth-order valence-electron chi connectivity index (χ4n) is 1.88. The Kier molecular flexibility index (Phi) is 4.92. The minimum atomic E-state index is -0.714. The summed E-state index contributed by atoms with van der Waals surface area (Å²) in [5, 5.41) is 2.40. The molecule has 0 bridgehead atoms. The van der Waals surface area contributed by atoms with Gasteiger partial charge in [-0.15, -0.1) is 0 Å². The summed E-state index contributed by atoms with van der Waals surface area (Å²) in [6.07, 6.45) is 0. The van der Waals surface area contributed by atoms with Crippen molar-refractivity contribution >= 4 is 23.4 Å². The number of nitrogens with zero attached hydrogens (tertiary/aromatic N) is 1. The second kappa shape index (κ2) is 6.67. The smallest absolute Gasteiger partial charge is 0.256 e. The Bertz CT molecular complexity index is 498. The summed E-state index contributed by atoms with van der Waals surface area (Å²) in [6, 6.07) is 3.97. The molecule has 1 N–H and O–H groups in total. The van der Waals surface area contributed by atoms with Crippen molar-refractivity contribution in [3.05, 3.63) is 34.6 Å². The zero-order valence-corrected chi connectivity index (χ0v) is 11.5. The van der Waals surface area contributed by atoms with E-state index in [1.54, 1.807) is 4.90 Å². The summed E-state index contributed by atoms with van der Waals surface area (Å²) in [5.74, 6) is -1.64. The van der Waals surface area contributed by atoms with Crippen LogP contribution in [-0.4, -0.2) is 49.6 Å². The molecular weight excluding hydrogens is 287 g/mol. The second-order valence-corrected chi connectivity index (χ2v) is 4.68. The lowest BCUT2D eigenvalue weighted by Crippen LogP contribution is -2.45. The van der Waals surface area contributed by atoms with E-state index in [1.165, 1.54) is 12.1 Å². The van der Waals surface area contributed by atoms with E-state index >= 15 is 0 Å². The Morgan fingerprint density at radius 2 is 2.05 bits per heavy atom. The highest BCUT2D eigenvalue weighted by Gasteiger charge is 2.20. The van der Waals surface area contributed by atoms with Crippen LogP contribution in [0.1, 0.15) is 10.4 Å². The molecule has 1 heterocycles. The van der Waals surface area contributed by atoms with Gasteiger partial charge in [0.25, 0.3) is 5.91 Å². The van der Waals surface area contributed by atoms with Gasteiger partial charge in [-0.2, -0.15) is 0 Å². The molecule has 0 aliphatic carbocycles. The Morgan fingerprint density at radius 1 is 1.35 bits per heavy atom. The summed E-state index contributed by atoms with van der Waals surface area (Å²) in [4.78, 5) is 25.3. The molecule has 0 aromatic heterocycles. The number of benzene rings is 1. The fourth-order valence-corrected chi connectivity index (χ4v) is 2.13. The van der Waals surface area contributed by atoms with Gasteiger partial charge >= 0.3 is 0 Å². The predicted molar refractivity (Wildman–Crippen MR) is 71.1 cm³/mol. The zero-order valence-electron chi connectivity index (χ0n) is 10.7. The van der Waals surface area contributed by atoms with E-state index in [4.69, 9.17) is 16.3 Å². The number of ether oxygens (including phenoxy) is 1. The van der Waals surface area contributed by atoms with Crippen LogP contribution in [0.25, 0.3) is 0 Å². The molecule has 1 aliphatic rings.